The van der Waals surface area contributed by atoms with Gasteiger partial charge in [-0.3, -0.25) is 9.78 Å². The minimum atomic E-state index is -0.718. The van der Waals surface area contributed by atoms with Gasteiger partial charge in [0.2, 0.25) is 5.91 Å². The van der Waals surface area contributed by atoms with Crippen LogP contribution >= 0.6 is 0 Å². The number of pyridine rings is 1. The zero-order chi connectivity index (χ0) is 23.8. The van der Waals surface area contributed by atoms with E-state index in [1.165, 1.54) is 0 Å². The molecule has 6 heteroatoms. The number of aromatic nitrogens is 1. The summed E-state index contributed by atoms with van der Waals surface area (Å²) in [7, 11) is 0. The van der Waals surface area contributed by atoms with Crippen LogP contribution in [0.15, 0.2) is 54.9 Å². The predicted octanol–water partition coefficient (Wildman–Crippen LogP) is 5.30. The Morgan fingerprint density at radius 3 is 2.61 bits per heavy atom. The van der Waals surface area contributed by atoms with Crippen LogP contribution in [0.25, 0.3) is 6.08 Å². The first kappa shape index (κ1) is 24.5. The minimum Gasteiger partial charge on any atom is -0.444 e. The van der Waals surface area contributed by atoms with Crippen LogP contribution in [0.4, 0.5) is 4.79 Å². The second-order valence-corrected chi connectivity index (χ2v) is 9.47. The van der Waals surface area contributed by atoms with Gasteiger partial charge in [0.15, 0.2) is 0 Å². The molecule has 0 saturated carbocycles. The lowest BCUT2D eigenvalue weighted by Gasteiger charge is -2.38. The van der Waals surface area contributed by atoms with Crippen LogP contribution in [-0.2, 0) is 16.0 Å². The smallest absolute Gasteiger partial charge is 0.408 e. The average molecular weight is 450 g/mol. The fourth-order valence-electron chi connectivity index (χ4n) is 4.16. The van der Waals surface area contributed by atoms with Crippen LogP contribution in [0, 0.1) is 0 Å². The van der Waals surface area contributed by atoms with Crippen molar-refractivity contribution in [2.75, 3.05) is 6.54 Å². The van der Waals surface area contributed by atoms with Crippen LogP contribution in [0.2, 0.25) is 0 Å². The first-order valence-electron chi connectivity index (χ1n) is 11.7. The number of hydrogen-bond donors (Lipinski definition) is 1. The zero-order valence-corrected chi connectivity index (χ0v) is 20.1. The molecule has 0 aliphatic carbocycles. The molecule has 0 radical (unpaired) electrons. The maximum atomic E-state index is 13.8. The van der Waals surface area contributed by atoms with Gasteiger partial charge in [0, 0.05) is 25.4 Å². The molecule has 0 spiro atoms. The molecule has 176 valence electrons. The van der Waals surface area contributed by atoms with Crippen molar-refractivity contribution in [2.45, 2.75) is 71.1 Å². The van der Waals surface area contributed by atoms with Gasteiger partial charge in [0.05, 0.1) is 6.04 Å². The Labute approximate surface area is 197 Å². The molecule has 6 nitrogen and oxygen atoms in total. The summed E-state index contributed by atoms with van der Waals surface area (Å²) in [6.07, 6.45) is 10.3. The second-order valence-electron chi connectivity index (χ2n) is 9.47. The third-order valence-electron chi connectivity index (χ3n) is 5.62. The van der Waals surface area contributed by atoms with Crippen molar-refractivity contribution in [3.05, 3.63) is 71.6 Å². The molecule has 33 heavy (non-hydrogen) atoms. The summed E-state index contributed by atoms with van der Waals surface area (Å²) < 4.78 is 5.47. The fraction of sp³-hybridized carbons (Fsp3) is 0.444. The summed E-state index contributed by atoms with van der Waals surface area (Å²) in [5, 5.41) is 2.85. The maximum absolute atomic E-state index is 13.8. The molecule has 2 amide bonds. The largest absolute Gasteiger partial charge is 0.444 e. The van der Waals surface area contributed by atoms with Crippen molar-refractivity contribution >= 4 is 18.1 Å². The van der Waals surface area contributed by atoms with Gasteiger partial charge in [-0.15, -0.1) is 0 Å². The highest BCUT2D eigenvalue weighted by atomic mass is 16.6. The number of nitrogens with one attached hydrogen (secondary N) is 1. The molecule has 3 rings (SSSR count). The van der Waals surface area contributed by atoms with Gasteiger partial charge in [-0.05, 0) is 69.7 Å². The van der Waals surface area contributed by atoms with E-state index in [1.54, 1.807) is 6.20 Å². The van der Waals surface area contributed by atoms with E-state index in [0.717, 1.165) is 36.0 Å². The number of alkyl carbamates (subject to hydrolysis) is 1. The van der Waals surface area contributed by atoms with E-state index in [9.17, 15) is 9.59 Å². The van der Waals surface area contributed by atoms with Crippen LogP contribution in [0.1, 0.15) is 69.7 Å². The number of benzene rings is 1. The molecular formula is C27H35N3O3. The number of hydrogen-bond acceptors (Lipinski definition) is 4. The van der Waals surface area contributed by atoms with Crippen LogP contribution in [0.3, 0.4) is 0 Å². The number of carbonyl (C=O) groups is 2. The highest BCUT2D eigenvalue weighted by molar-refractivity contribution is 5.86. The van der Waals surface area contributed by atoms with Crippen molar-refractivity contribution in [1.29, 1.82) is 0 Å². The number of ether oxygens (including phenoxy) is 1. The Bertz CT molecular complexity index is 949. The summed E-state index contributed by atoms with van der Waals surface area (Å²) in [5.74, 6) is -0.0908. The summed E-state index contributed by atoms with van der Waals surface area (Å²) >= 11 is 0. The monoisotopic (exact) mass is 449 g/mol. The van der Waals surface area contributed by atoms with Gasteiger partial charge in [0.1, 0.15) is 11.6 Å². The van der Waals surface area contributed by atoms with Gasteiger partial charge in [0.25, 0.3) is 0 Å². The van der Waals surface area contributed by atoms with E-state index >= 15 is 0 Å². The molecule has 2 atom stereocenters. The summed E-state index contributed by atoms with van der Waals surface area (Å²) in [4.78, 5) is 32.5. The number of amides is 2. The van der Waals surface area contributed by atoms with Crippen molar-refractivity contribution < 1.29 is 14.3 Å². The van der Waals surface area contributed by atoms with Crippen LogP contribution in [0.5, 0.6) is 0 Å². The van der Waals surface area contributed by atoms with E-state index in [2.05, 4.69) is 10.3 Å². The first-order chi connectivity index (χ1) is 15.8. The second kappa shape index (κ2) is 11.1. The van der Waals surface area contributed by atoms with Gasteiger partial charge < -0.3 is 15.0 Å². The van der Waals surface area contributed by atoms with Crippen LogP contribution in [-0.4, -0.2) is 40.1 Å². The van der Waals surface area contributed by atoms with Crippen molar-refractivity contribution in [3.8, 4) is 0 Å². The van der Waals surface area contributed by atoms with E-state index in [0.29, 0.717) is 13.0 Å². The Kier molecular flexibility index (Phi) is 8.26. The first-order valence-corrected chi connectivity index (χ1v) is 11.7. The number of piperidine rings is 1. The molecule has 1 fully saturated rings. The number of likely N-dealkylation sites (tertiary alicyclic amines) is 1. The minimum absolute atomic E-state index is 0.0417. The van der Waals surface area contributed by atoms with Crippen LogP contribution < -0.4 is 5.32 Å². The highest BCUT2D eigenvalue weighted by Crippen LogP contribution is 2.31. The Morgan fingerprint density at radius 2 is 1.97 bits per heavy atom. The van der Waals surface area contributed by atoms with Crippen molar-refractivity contribution in [3.63, 3.8) is 0 Å². The molecular weight excluding hydrogens is 414 g/mol. The molecule has 2 unspecified atom stereocenters. The van der Waals surface area contributed by atoms with Gasteiger partial charge >= 0.3 is 6.09 Å². The van der Waals surface area contributed by atoms with Gasteiger partial charge in [-0.2, -0.15) is 0 Å². The lowest BCUT2D eigenvalue weighted by Crippen LogP contribution is -2.52. The lowest BCUT2D eigenvalue weighted by atomic mass is 9.94. The number of rotatable bonds is 6. The molecule has 2 heterocycles. The maximum Gasteiger partial charge on any atom is 0.408 e. The SMILES string of the molecule is C/C=C/c1ccc(CC(NC(=O)OC(C)(C)C)C(=O)N2CCCCC2c2cccnc2)cc1. The summed E-state index contributed by atoms with van der Waals surface area (Å²) in [6, 6.07) is 11.2. The third kappa shape index (κ3) is 7.17. The fourth-order valence-corrected chi connectivity index (χ4v) is 4.16. The lowest BCUT2D eigenvalue weighted by molar-refractivity contribution is -0.137. The standard InChI is InChI=1S/C27H35N3O3/c1-5-9-20-12-14-21(15-13-20)18-23(29-26(32)33-27(2,3)4)25(31)30-17-7-6-11-24(30)22-10-8-16-28-19-22/h5,8-10,12-16,19,23-24H,6-7,11,17-18H2,1-4H3,(H,29,32)/b9-5+. The Morgan fingerprint density at radius 1 is 1.21 bits per heavy atom. The van der Waals surface area contributed by atoms with E-state index in [-0.39, 0.29) is 11.9 Å². The highest BCUT2D eigenvalue weighted by Gasteiger charge is 2.34. The topological polar surface area (TPSA) is 71.5 Å². The van der Waals surface area contributed by atoms with Gasteiger partial charge in [-0.1, -0.05) is 42.5 Å². The molecule has 1 aliphatic heterocycles. The number of allylic oxidation sites excluding steroid dienone is 1. The summed E-state index contributed by atoms with van der Waals surface area (Å²) in [5.41, 5.74) is 2.46. The Balaban J connectivity index is 1.84. The molecule has 1 aromatic carbocycles. The van der Waals surface area contributed by atoms with Crippen molar-refractivity contribution in [1.82, 2.24) is 15.2 Å². The molecule has 1 aromatic heterocycles. The number of carbonyl (C=O) groups excluding carboxylic acids is 2. The quantitative estimate of drug-likeness (QED) is 0.649. The Hall–Kier alpha value is -3.15. The van der Waals surface area contributed by atoms with Crippen molar-refractivity contribution in [2.24, 2.45) is 0 Å². The molecule has 1 saturated heterocycles. The predicted molar refractivity (Wildman–Crippen MR) is 131 cm³/mol. The molecule has 1 aliphatic rings. The summed E-state index contributed by atoms with van der Waals surface area (Å²) in [6.45, 7) is 8.07. The zero-order valence-electron chi connectivity index (χ0n) is 20.1. The average Bonchev–Trinajstić information content (AvgIpc) is 2.79. The van der Waals surface area contributed by atoms with E-state index in [1.807, 2.05) is 87.3 Å². The van der Waals surface area contributed by atoms with E-state index in [4.69, 9.17) is 4.74 Å². The van der Waals surface area contributed by atoms with E-state index < -0.39 is 17.7 Å². The van der Waals surface area contributed by atoms with Gasteiger partial charge in [-0.25, -0.2) is 4.79 Å². The third-order valence-corrected chi connectivity index (χ3v) is 5.62. The molecule has 2 aromatic rings. The molecule has 1 N–H and O–H groups in total. The normalized spacial score (nSPS) is 17.6. The molecule has 0 bridgehead atoms. The number of nitrogens with zero attached hydrogens (tertiary/aromatic N) is 2.